The zero-order valence-electron chi connectivity index (χ0n) is 10.4. The molecule has 18 heavy (non-hydrogen) atoms. The van der Waals surface area contributed by atoms with E-state index in [0.717, 1.165) is 6.07 Å². The first-order valence-electron chi connectivity index (χ1n) is 5.71. The lowest BCUT2D eigenvalue weighted by Crippen LogP contribution is -2.17. The van der Waals surface area contributed by atoms with E-state index < -0.39 is 17.8 Å². The molecule has 0 saturated carbocycles. The van der Waals surface area contributed by atoms with E-state index >= 15 is 0 Å². The van der Waals surface area contributed by atoms with Crippen LogP contribution < -0.4 is 0 Å². The number of hydrogen-bond acceptors (Lipinski definition) is 2. The molecule has 0 fully saturated rings. The first-order chi connectivity index (χ1) is 8.38. The van der Waals surface area contributed by atoms with Crippen molar-refractivity contribution in [3.63, 3.8) is 0 Å². The second-order valence-corrected chi connectivity index (χ2v) is 4.29. The van der Waals surface area contributed by atoms with Gasteiger partial charge in [-0.25, -0.2) is 0 Å². The lowest BCUT2D eigenvalue weighted by Gasteiger charge is -2.22. The number of rotatable bonds is 5. The first kappa shape index (κ1) is 15.0. The average molecular weight is 262 g/mol. The maximum Gasteiger partial charge on any atom is 0.416 e. The molecular weight excluding hydrogens is 245 g/mol. The van der Waals surface area contributed by atoms with Crippen LogP contribution in [0.1, 0.15) is 30.6 Å². The molecule has 102 valence electrons. The molecule has 2 unspecified atom stereocenters. The lowest BCUT2D eigenvalue weighted by molar-refractivity contribution is -0.139. The summed E-state index contributed by atoms with van der Waals surface area (Å²) in [6, 6.07) is 5.12. The fourth-order valence-electron chi connectivity index (χ4n) is 1.78. The van der Waals surface area contributed by atoms with Gasteiger partial charge in [-0.2, -0.15) is 13.2 Å². The second-order valence-electron chi connectivity index (χ2n) is 4.29. The van der Waals surface area contributed by atoms with E-state index in [1.54, 1.807) is 6.92 Å². The van der Waals surface area contributed by atoms with Gasteiger partial charge in [0, 0.05) is 13.7 Å². The molecule has 1 N–H and O–H groups in total. The van der Waals surface area contributed by atoms with Crippen LogP contribution in [0.4, 0.5) is 13.2 Å². The third-order valence-electron chi connectivity index (χ3n) is 2.90. The molecule has 0 heterocycles. The van der Waals surface area contributed by atoms with E-state index in [1.807, 2.05) is 0 Å². The number of aliphatic hydroxyl groups excluding tert-OH is 1. The van der Waals surface area contributed by atoms with E-state index in [0.29, 0.717) is 13.0 Å². The minimum absolute atomic E-state index is 0.0754. The molecule has 2 atom stereocenters. The standard InChI is InChI=1S/C13H17F3O2/c1-9(7-8-18-2)12(17)10-5-3-4-6-11(10)13(14,15)16/h3-6,9,12,17H,7-8H2,1-2H3. The summed E-state index contributed by atoms with van der Waals surface area (Å²) in [5, 5.41) is 10.0. The van der Waals surface area contributed by atoms with Crippen molar-refractivity contribution in [3.05, 3.63) is 35.4 Å². The molecule has 0 radical (unpaired) electrons. The van der Waals surface area contributed by atoms with Gasteiger partial charge in [0.05, 0.1) is 11.7 Å². The summed E-state index contributed by atoms with van der Waals surface area (Å²) in [5.74, 6) is -0.298. The highest BCUT2D eigenvalue weighted by Gasteiger charge is 2.35. The highest BCUT2D eigenvalue weighted by Crippen LogP contribution is 2.37. The zero-order chi connectivity index (χ0) is 13.8. The SMILES string of the molecule is COCCC(C)C(O)c1ccccc1C(F)(F)F. The van der Waals surface area contributed by atoms with Crippen LogP contribution in [0.2, 0.25) is 0 Å². The van der Waals surface area contributed by atoms with Crippen LogP contribution in [0.5, 0.6) is 0 Å². The van der Waals surface area contributed by atoms with Gasteiger partial charge in [0.15, 0.2) is 0 Å². The van der Waals surface area contributed by atoms with E-state index in [1.165, 1.54) is 25.3 Å². The monoisotopic (exact) mass is 262 g/mol. The second kappa shape index (κ2) is 6.20. The molecule has 1 aromatic rings. The Morgan fingerprint density at radius 2 is 1.89 bits per heavy atom. The fourth-order valence-corrected chi connectivity index (χ4v) is 1.78. The van der Waals surface area contributed by atoms with Gasteiger partial charge in [-0.1, -0.05) is 25.1 Å². The quantitative estimate of drug-likeness (QED) is 0.881. The molecule has 1 aromatic carbocycles. The molecule has 0 saturated heterocycles. The molecular formula is C13H17F3O2. The normalized spacial score (nSPS) is 15.4. The van der Waals surface area contributed by atoms with Crippen molar-refractivity contribution in [3.8, 4) is 0 Å². The van der Waals surface area contributed by atoms with Crippen LogP contribution in [0.25, 0.3) is 0 Å². The maximum atomic E-state index is 12.8. The van der Waals surface area contributed by atoms with Gasteiger partial charge in [0.2, 0.25) is 0 Å². The molecule has 2 nitrogen and oxygen atoms in total. The Morgan fingerprint density at radius 3 is 2.44 bits per heavy atom. The van der Waals surface area contributed by atoms with Crippen molar-refractivity contribution in [2.45, 2.75) is 25.6 Å². The van der Waals surface area contributed by atoms with Crippen molar-refractivity contribution in [2.75, 3.05) is 13.7 Å². The summed E-state index contributed by atoms with van der Waals surface area (Å²) in [7, 11) is 1.52. The summed E-state index contributed by atoms with van der Waals surface area (Å²) >= 11 is 0. The highest BCUT2D eigenvalue weighted by molar-refractivity contribution is 5.31. The van der Waals surface area contributed by atoms with Crippen LogP contribution in [0.15, 0.2) is 24.3 Å². The number of benzene rings is 1. The molecule has 0 bridgehead atoms. The van der Waals surface area contributed by atoms with Gasteiger partial charge in [-0.3, -0.25) is 0 Å². The van der Waals surface area contributed by atoms with Gasteiger partial charge in [0.25, 0.3) is 0 Å². The molecule has 5 heteroatoms. The largest absolute Gasteiger partial charge is 0.416 e. The van der Waals surface area contributed by atoms with Crippen LogP contribution in [-0.2, 0) is 10.9 Å². The summed E-state index contributed by atoms with van der Waals surface area (Å²) in [4.78, 5) is 0. The molecule has 0 amide bonds. The van der Waals surface area contributed by atoms with E-state index in [2.05, 4.69) is 0 Å². The minimum Gasteiger partial charge on any atom is -0.388 e. The number of ether oxygens (including phenoxy) is 1. The predicted octanol–water partition coefficient (Wildman–Crippen LogP) is 3.41. The summed E-state index contributed by atoms with van der Waals surface area (Å²) in [5.41, 5.74) is -0.852. The van der Waals surface area contributed by atoms with Crippen LogP contribution >= 0.6 is 0 Å². The fraction of sp³-hybridized carbons (Fsp3) is 0.538. The van der Waals surface area contributed by atoms with E-state index in [4.69, 9.17) is 4.74 Å². The molecule has 1 rings (SSSR count). The summed E-state index contributed by atoms with van der Waals surface area (Å²) in [6.07, 6.45) is -5.08. The number of alkyl halides is 3. The van der Waals surface area contributed by atoms with Crippen molar-refractivity contribution >= 4 is 0 Å². The minimum atomic E-state index is -4.45. The topological polar surface area (TPSA) is 29.5 Å². The Hall–Kier alpha value is -1.07. The maximum absolute atomic E-state index is 12.8. The van der Waals surface area contributed by atoms with Crippen LogP contribution in [-0.4, -0.2) is 18.8 Å². The van der Waals surface area contributed by atoms with E-state index in [-0.39, 0.29) is 11.5 Å². The Bertz CT molecular complexity index is 377. The van der Waals surface area contributed by atoms with Crippen molar-refractivity contribution in [1.82, 2.24) is 0 Å². The Morgan fingerprint density at radius 1 is 1.28 bits per heavy atom. The molecule has 0 aliphatic carbocycles. The van der Waals surface area contributed by atoms with Gasteiger partial charge < -0.3 is 9.84 Å². The summed E-state index contributed by atoms with van der Waals surface area (Å²) < 4.78 is 43.2. The molecule has 0 aliphatic rings. The smallest absolute Gasteiger partial charge is 0.388 e. The van der Waals surface area contributed by atoms with Gasteiger partial charge in [-0.05, 0) is 24.0 Å². The predicted molar refractivity (Wildman–Crippen MR) is 62.1 cm³/mol. The number of methoxy groups -OCH3 is 1. The molecule has 0 aliphatic heterocycles. The molecule has 0 spiro atoms. The number of halogens is 3. The van der Waals surface area contributed by atoms with Gasteiger partial charge in [0.1, 0.15) is 0 Å². The highest BCUT2D eigenvalue weighted by atomic mass is 19.4. The third kappa shape index (κ3) is 3.71. The Kier molecular flexibility index (Phi) is 5.16. The van der Waals surface area contributed by atoms with Crippen LogP contribution in [0.3, 0.4) is 0 Å². The van der Waals surface area contributed by atoms with Crippen molar-refractivity contribution in [1.29, 1.82) is 0 Å². The number of aliphatic hydroxyl groups is 1. The summed E-state index contributed by atoms with van der Waals surface area (Å²) in [6.45, 7) is 2.11. The lowest BCUT2D eigenvalue weighted by atomic mass is 9.91. The first-order valence-corrected chi connectivity index (χ1v) is 5.71. The van der Waals surface area contributed by atoms with Crippen molar-refractivity contribution in [2.24, 2.45) is 5.92 Å². The van der Waals surface area contributed by atoms with Crippen LogP contribution in [0, 0.1) is 5.92 Å². The zero-order valence-corrected chi connectivity index (χ0v) is 10.4. The molecule has 0 aromatic heterocycles. The Balaban J connectivity index is 2.95. The average Bonchev–Trinajstić information content (AvgIpc) is 2.34. The van der Waals surface area contributed by atoms with Gasteiger partial charge >= 0.3 is 6.18 Å². The number of hydrogen-bond donors (Lipinski definition) is 1. The third-order valence-corrected chi connectivity index (χ3v) is 2.90. The van der Waals surface area contributed by atoms with E-state index in [9.17, 15) is 18.3 Å². The van der Waals surface area contributed by atoms with Gasteiger partial charge in [-0.15, -0.1) is 0 Å². The van der Waals surface area contributed by atoms with Crippen molar-refractivity contribution < 1.29 is 23.0 Å². The Labute approximate surface area is 104 Å².